The summed E-state index contributed by atoms with van der Waals surface area (Å²) < 4.78 is 1.82. The zero-order valence-corrected chi connectivity index (χ0v) is 15.1. The summed E-state index contributed by atoms with van der Waals surface area (Å²) in [6, 6.07) is 3.74. The average Bonchev–Trinajstić information content (AvgIpc) is 3.40. The Morgan fingerprint density at radius 1 is 1.07 bits per heavy atom. The first-order valence-corrected chi connectivity index (χ1v) is 9.34. The van der Waals surface area contributed by atoms with Crippen molar-refractivity contribution in [1.29, 1.82) is 0 Å². The summed E-state index contributed by atoms with van der Waals surface area (Å²) in [6.45, 7) is 3.27. The van der Waals surface area contributed by atoms with Gasteiger partial charge in [-0.05, 0) is 37.8 Å². The molecule has 27 heavy (non-hydrogen) atoms. The molecule has 0 atom stereocenters. The molecule has 2 aliphatic heterocycles. The van der Waals surface area contributed by atoms with Crippen LogP contribution in [0.1, 0.15) is 52.6 Å². The number of primary amides is 1. The van der Waals surface area contributed by atoms with Crippen molar-refractivity contribution >= 4 is 17.6 Å². The first-order valence-electron chi connectivity index (χ1n) is 9.34. The minimum atomic E-state index is -0.474. The molecule has 2 aromatic heterocycles. The van der Waals surface area contributed by atoms with Gasteiger partial charge in [-0.2, -0.15) is 0 Å². The van der Waals surface area contributed by atoms with Gasteiger partial charge in [0, 0.05) is 32.4 Å². The van der Waals surface area contributed by atoms with Crippen LogP contribution in [0.3, 0.4) is 0 Å². The van der Waals surface area contributed by atoms with Crippen LogP contribution in [0.15, 0.2) is 24.5 Å². The molecular formula is C18H23N7O2. The third-order valence-corrected chi connectivity index (χ3v) is 5.32. The highest BCUT2D eigenvalue weighted by Gasteiger charge is 2.26. The van der Waals surface area contributed by atoms with Crippen molar-refractivity contribution < 1.29 is 9.59 Å². The maximum atomic E-state index is 12.4. The molecule has 2 aromatic rings. The topological polar surface area (TPSA) is 110 Å². The Labute approximate surface area is 157 Å². The Hall–Kier alpha value is -2.97. The normalized spacial score (nSPS) is 18.1. The van der Waals surface area contributed by atoms with E-state index in [0.29, 0.717) is 11.3 Å². The fourth-order valence-electron chi connectivity index (χ4n) is 3.71. The second-order valence-corrected chi connectivity index (χ2v) is 7.07. The van der Waals surface area contributed by atoms with Crippen molar-refractivity contribution in [2.24, 2.45) is 5.73 Å². The number of hydrogen-bond acceptors (Lipinski definition) is 6. The number of carbonyl (C=O) groups excluding carboxylic acids is 2. The van der Waals surface area contributed by atoms with E-state index < -0.39 is 5.91 Å². The smallest absolute Gasteiger partial charge is 0.276 e. The summed E-state index contributed by atoms with van der Waals surface area (Å²) in [4.78, 5) is 31.9. The lowest BCUT2D eigenvalue weighted by molar-refractivity contribution is 0.0786. The summed E-state index contributed by atoms with van der Waals surface area (Å²) in [6.07, 6.45) is 7.19. The maximum Gasteiger partial charge on any atom is 0.276 e. The van der Waals surface area contributed by atoms with Crippen LogP contribution in [-0.4, -0.2) is 62.9 Å². The fourth-order valence-corrected chi connectivity index (χ4v) is 3.71. The molecule has 0 spiro atoms. The number of aromatic nitrogens is 4. The van der Waals surface area contributed by atoms with E-state index in [1.165, 1.54) is 6.20 Å². The highest BCUT2D eigenvalue weighted by molar-refractivity contribution is 5.92. The van der Waals surface area contributed by atoms with Crippen LogP contribution in [0, 0.1) is 0 Å². The lowest BCUT2D eigenvalue weighted by Crippen LogP contribution is -2.35. The summed E-state index contributed by atoms with van der Waals surface area (Å²) >= 11 is 0. The van der Waals surface area contributed by atoms with E-state index in [-0.39, 0.29) is 11.9 Å². The molecule has 2 fully saturated rings. The number of hydrogen-bond donors (Lipinski definition) is 1. The number of rotatable bonds is 4. The predicted molar refractivity (Wildman–Crippen MR) is 98.4 cm³/mol. The highest BCUT2D eigenvalue weighted by atomic mass is 16.2. The van der Waals surface area contributed by atoms with Gasteiger partial charge in [-0.1, -0.05) is 5.21 Å². The van der Waals surface area contributed by atoms with Crippen molar-refractivity contribution in [3.63, 3.8) is 0 Å². The van der Waals surface area contributed by atoms with Gasteiger partial charge < -0.3 is 15.5 Å². The van der Waals surface area contributed by atoms with Crippen molar-refractivity contribution in [3.8, 4) is 0 Å². The van der Waals surface area contributed by atoms with Crippen LogP contribution >= 0.6 is 0 Å². The molecule has 4 heterocycles. The standard InChI is InChI=1S/C18H23N7O2/c19-17(26)13-3-4-16(20-11-13)23-9-5-14(6-10-23)25-12-15(21-22-25)18(27)24-7-1-2-8-24/h3-4,11-12,14H,1-2,5-10H2,(H2,19,26). The van der Waals surface area contributed by atoms with Crippen LogP contribution in [-0.2, 0) is 0 Å². The van der Waals surface area contributed by atoms with Crippen molar-refractivity contribution in [1.82, 2.24) is 24.9 Å². The average molecular weight is 369 g/mol. The van der Waals surface area contributed by atoms with Gasteiger partial charge >= 0.3 is 0 Å². The lowest BCUT2D eigenvalue weighted by Gasteiger charge is -2.32. The molecular weight excluding hydrogens is 346 g/mol. The Bertz CT molecular complexity index is 818. The number of anilines is 1. The SMILES string of the molecule is NC(=O)c1ccc(N2CCC(n3cc(C(=O)N4CCCC4)nn3)CC2)nc1. The molecule has 2 saturated heterocycles. The number of pyridine rings is 1. The van der Waals surface area contributed by atoms with E-state index in [1.54, 1.807) is 12.3 Å². The third kappa shape index (κ3) is 3.62. The van der Waals surface area contributed by atoms with Gasteiger partial charge in [0.25, 0.3) is 5.91 Å². The number of piperidine rings is 1. The van der Waals surface area contributed by atoms with Gasteiger partial charge in [0.15, 0.2) is 5.69 Å². The largest absolute Gasteiger partial charge is 0.366 e. The molecule has 4 rings (SSSR count). The van der Waals surface area contributed by atoms with Gasteiger partial charge in [0.1, 0.15) is 5.82 Å². The minimum Gasteiger partial charge on any atom is -0.366 e. The molecule has 0 unspecified atom stereocenters. The lowest BCUT2D eigenvalue weighted by atomic mass is 10.1. The van der Waals surface area contributed by atoms with Crippen molar-refractivity contribution in [2.45, 2.75) is 31.7 Å². The van der Waals surface area contributed by atoms with Gasteiger partial charge in [-0.3, -0.25) is 9.59 Å². The number of nitrogens with two attached hydrogens (primary N) is 1. The van der Waals surface area contributed by atoms with Crippen LogP contribution < -0.4 is 10.6 Å². The molecule has 2 aliphatic rings. The number of likely N-dealkylation sites (tertiary alicyclic amines) is 1. The van der Waals surface area contributed by atoms with E-state index >= 15 is 0 Å². The van der Waals surface area contributed by atoms with Gasteiger partial charge in [-0.25, -0.2) is 9.67 Å². The molecule has 0 aliphatic carbocycles. The molecule has 0 bridgehead atoms. The third-order valence-electron chi connectivity index (χ3n) is 5.32. The van der Waals surface area contributed by atoms with Crippen LogP contribution in [0.5, 0.6) is 0 Å². The second-order valence-electron chi connectivity index (χ2n) is 7.07. The second kappa shape index (κ2) is 7.34. The van der Waals surface area contributed by atoms with E-state index in [1.807, 2.05) is 15.6 Å². The first-order chi connectivity index (χ1) is 13.1. The highest BCUT2D eigenvalue weighted by Crippen LogP contribution is 2.25. The Morgan fingerprint density at radius 3 is 2.44 bits per heavy atom. The van der Waals surface area contributed by atoms with Crippen LogP contribution in [0.25, 0.3) is 0 Å². The zero-order chi connectivity index (χ0) is 18.8. The molecule has 9 heteroatoms. The minimum absolute atomic E-state index is 0.0186. The first kappa shape index (κ1) is 17.4. The monoisotopic (exact) mass is 369 g/mol. The molecule has 2 N–H and O–H groups in total. The van der Waals surface area contributed by atoms with E-state index in [0.717, 1.165) is 57.7 Å². The van der Waals surface area contributed by atoms with Gasteiger partial charge in [-0.15, -0.1) is 5.10 Å². The Morgan fingerprint density at radius 2 is 1.81 bits per heavy atom. The van der Waals surface area contributed by atoms with E-state index in [2.05, 4.69) is 20.2 Å². The van der Waals surface area contributed by atoms with E-state index in [9.17, 15) is 9.59 Å². The van der Waals surface area contributed by atoms with Crippen LogP contribution in [0.2, 0.25) is 0 Å². The summed E-state index contributed by atoms with van der Waals surface area (Å²) in [5.74, 6) is 0.343. The molecule has 0 aromatic carbocycles. The van der Waals surface area contributed by atoms with Crippen LogP contribution in [0.4, 0.5) is 5.82 Å². The number of carbonyl (C=O) groups is 2. The molecule has 142 valence electrons. The fraction of sp³-hybridized carbons (Fsp3) is 0.500. The van der Waals surface area contributed by atoms with Crippen molar-refractivity contribution in [2.75, 3.05) is 31.1 Å². The van der Waals surface area contributed by atoms with Crippen molar-refractivity contribution in [3.05, 3.63) is 35.8 Å². The quantitative estimate of drug-likeness (QED) is 0.855. The number of amides is 2. The Kier molecular flexibility index (Phi) is 4.74. The van der Waals surface area contributed by atoms with Gasteiger partial charge in [0.2, 0.25) is 5.91 Å². The molecule has 2 amide bonds. The molecule has 9 nitrogen and oxygen atoms in total. The zero-order valence-electron chi connectivity index (χ0n) is 15.1. The summed E-state index contributed by atoms with van der Waals surface area (Å²) in [5, 5.41) is 8.29. The Balaban J connectivity index is 1.36. The predicted octanol–water partition coefficient (Wildman–Crippen LogP) is 0.849. The van der Waals surface area contributed by atoms with Gasteiger partial charge in [0.05, 0.1) is 17.8 Å². The number of nitrogens with zero attached hydrogens (tertiary/aromatic N) is 6. The maximum absolute atomic E-state index is 12.4. The van der Waals surface area contributed by atoms with E-state index in [4.69, 9.17) is 5.73 Å². The summed E-state index contributed by atoms with van der Waals surface area (Å²) in [7, 11) is 0. The molecule has 0 saturated carbocycles. The summed E-state index contributed by atoms with van der Waals surface area (Å²) in [5.41, 5.74) is 6.09. The molecule has 0 radical (unpaired) electrons.